The van der Waals surface area contributed by atoms with E-state index in [9.17, 15) is 19.8 Å². The van der Waals surface area contributed by atoms with Crippen LogP contribution in [0.15, 0.2) is 84.9 Å². The van der Waals surface area contributed by atoms with Gasteiger partial charge in [-0.25, -0.2) is 4.79 Å². The molecule has 0 spiro atoms. The first-order valence-corrected chi connectivity index (χ1v) is 13.0. The molecule has 6 heteroatoms. The van der Waals surface area contributed by atoms with Gasteiger partial charge in [0.05, 0.1) is 0 Å². The van der Waals surface area contributed by atoms with Gasteiger partial charge < -0.3 is 19.8 Å². The summed E-state index contributed by atoms with van der Waals surface area (Å²) in [7, 11) is 0. The lowest BCUT2D eigenvalue weighted by molar-refractivity contribution is 0.0692. The van der Waals surface area contributed by atoms with Crippen LogP contribution in [0.2, 0.25) is 0 Å². The summed E-state index contributed by atoms with van der Waals surface area (Å²) >= 11 is 0. The smallest absolute Gasteiger partial charge is 0.339 e. The van der Waals surface area contributed by atoms with Gasteiger partial charge in [0.2, 0.25) is 0 Å². The Bertz CT molecular complexity index is 1440. The number of carboxylic acids is 1. The third-order valence-corrected chi connectivity index (χ3v) is 6.65. The van der Waals surface area contributed by atoms with Crippen molar-refractivity contribution in [3.63, 3.8) is 0 Å². The van der Waals surface area contributed by atoms with Crippen LogP contribution < -0.4 is 4.74 Å². The van der Waals surface area contributed by atoms with Gasteiger partial charge in [-0.15, -0.1) is 0 Å². The number of carbonyl (C=O) groups is 2. The molecule has 0 aliphatic carbocycles. The lowest BCUT2D eigenvalue weighted by Crippen LogP contribution is -2.32. The standard InChI is InChI=1S/C33H33NO5/c1-22-11-16-29(33(37)38)30(18-22)39-28-14-12-26(13-15-28)21-34(17-7-10-25-8-5-4-6-9-25)32(36)27-19-23(2)31(35)24(3)20-27/h4-6,8-9,11-16,18-20,35H,7,10,17,21H2,1-3H3,(H,37,38). The Morgan fingerprint density at radius 1 is 0.821 bits per heavy atom. The van der Waals surface area contributed by atoms with Crippen LogP contribution in [-0.2, 0) is 13.0 Å². The summed E-state index contributed by atoms with van der Waals surface area (Å²) in [5.74, 6) is -0.145. The van der Waals surface area contributed by atoms with E-state index in [1.54, 1.807) is 50.2 Å². The number of amides is 1. The summed E-state index contributed by atoms with van der Waals surface area (Å²) in [6, 6.07) is 26.0. The number of phenols is 1. The predicted octanol–water partition coefficient (Wildman–Crippen LogP) is 7.08. The Labute approximate surface area is 229 Å². The monoisotopic (exact) mass is 523 g/mol. The minimum absolute atomic E-state index is 0.0966. The molecule has 0 aromatic heterocycles. The topological polar surface area (TPSA) is 87.1 Å². The molecule has 0 bridgehead atoms. The van der Waals surface area contributed by atoms with Crippen LogP contribution in [0, 0.1) is 20.8 Å². The molecule has 2 N–H and O–H groups in total. The molecule has 39 heavy (non-hydrogen) atoms. The molecule has 4 rings (SSSR count). The molecular weight excluding hydrogens is 490 g/mol. The molecule has 0 aliphatic heterocycles. The van der Waals surface area contributed by atoms with Gasteiger partial charge >= 0.3 is 5.97 Å². The molecular formula is C33H33NO5. The zero-order chi connectivity index (χ0) is 27.9. The SMILES string of the molecule is Cc1ccc(C(=O)O)c(Oc2ccc(CN(CCCc3ccccc3)C(=O)c3cc(C)c(O)c(C)c3)cc2)c1. The quantitative estimate of drug-likeness (QED) is 0.232. The van der Waals surface area contributed by atoms with Crippen LogP contribution in [0.1, 0.15) is 55.0 Å². The van der Waals surface area contributed by atoms with Gasteiger partial charge in [-0.05, 0) is 97.8 Å². The van der Waals surface area contributed by atoms with Gasteiger partial charge in [0.1, 0.15) is 22.8 Å². The number of hydrogen-bond acceptors (Lipinski definition) is 4. The Kier molecular flexibility index (Phi) is 8.67. The van der Waals surface area contributed by atoms with Crippen molar-refractivity contribution >= 4 is 11.9 Å². The van der Waals surface area contributed by atoms with Crippen molar-refractivity contribution in [2.24, 2.45) is 0 Å². The molecule has 0 aliphatic rings. The number of rotatable bonds is 10. The van der Waals surface area contributed by atoms with Crippen molar-refractivity contribution in [3.8, 4) is 17.2 Å². The normalized spacial score (nSPS) is 10.7. The van der Waals surface area contributed by atoms with Crippen molar-refractivity contribution in [1.29, 1.82) is 0 Å². The second kappa shape index (κ2) is 12.3. The van der Waals surface area contributed by atoms with Gasteiger partial charge in [0, 0.05) is 18.7 Å². The zero-order valence-corrected chi connectivity index (χ0v) is 22.5. The average Bonchev–Trinajstić information content (AvgIpc) is 2.92. The van der Waals surface area contributed by atoms with Crippen LogP contribution in [-0.4, -0.2) is 33.5 Å². The van der Waals surface area contributed by atoms with E-state index in [0.29, 0.717) is 35.5 Å². The fourth-order valence-corrected chi connectivity index (χ4v) is 4.53. The van der Waals surface area contributed by atoms with E-state index in [0.717, 1.165) is 24.0 Å². The van der Waals surface area contributed by atoms with Crippen LogP contribution in [0.25, 0.3) is 0 Å². The Morgan fingerprint density at radius 3 is 2.13 bits per heavy atom. The predicted molar refractivity (Wildman–Crippen MR) is 152 cm³/mol. The van der Waals surface area contributed by atoms with Crippen LogP contribution in [0.5, 0.6) is 17.2 Å². The van der Waals surface area contributed by atoms with E-state index in [1.165, 1.54) is 11.6 Å². The molecule has 6 nitrogen and oxygen atoms in total. The lowest BCUT2D eigenvalue weighted by atomic mass is 10.0. The van der Waals surface area contributed by atoms with Crippen LogP contribution >= 0.6 is 0 Å². The second-order valence-electron chi connectivity index (χ2n) is 9.83. The maximum atomic E-state index is 13.6. The second-order valence-corrected chi connectivity index (χ2v) is 9.83. The van der Waals surface area contributed by atoms with Crippen molar-refractivity contribution < 1.29 is 24.5 Å². The minimum atomic E-state index is -1.05. The third-order valence-electron chi connectivity index (χ3n) is 6.65. The van der Waals surface area contributed by atoms with E-state index in [-0.39, 0.29) is 23.0 Å². The van der Waals surface area contributed by atoms with E-state index < -0.39 is 5.97 Å². The molecule has 1 amide bonds. The number of aromatic carboxylic acids is 1. The highest BCUT2D eigenvalue weighted by atomic mass is 16.5. The van der Waals surface area contributed by atoms with E-state index >= 15 is 0 Å². The molecule has 200 valence electrons. The molecule has 0 atom stereocenters. The largest absolute Gasteiger partial charge is 0.507 e. The van der Waals surface area contributed by atoms with Gasteiger partial charge in [0.15, 0.2) is 0 Å². The van der Waals surface area contributed by atoms with Gasteiger partial charge in [0.25, 0.3) is 5.91 Å². The number of hydrogen-bond donors (Lipinski definition) is 2. The van der Waals surface area contributed by atoms with Crippen LogP contribution in [0.4, 0.5) is 0 Å². The Morgan fingerprint density at radius 2 is 1.49 bits per heavy atom. The number of aryl methyl sites for hydroxylation is 4. The van der Waals surface area contributed by atoms with E-state index in [2.05, 4.69) is 12.1 Å². The maximum Gasteiger partial charge on any atom is 0.339 e. The molecule has 0 fully saturated rings. The maximum absolute atomic E-state index is 13.6. The highest BCUT2D eigenvalue weighted by Crippen LogP contribution is 2.28. The third kappa shape index (κ3) is 7.05. The number of aromatic hydroxyl groups is 1. The molecule has 0 saturated carbocycles. The number of carboxylic acid groups (broad SMARTS) is 1. The van der Waals surface area contributed by atoms with Gasteiger partial charge in [-0.1, -0.05) is 48.5 Å². The van der Waals surface area contributed by atoms with E-state index in [1.807, 2.05) is 42.2 Å². The first-order valence-electron chi connectivity index (χ1n) is 13.0. The summed E-state index contributed by atoms with van der Waals surface area (Å²) in [5, 5.41) is 19.7. The Balaban J connectivity index is 1.52. The first kappa shape index (κ1) is 27.5. The van der Waals surface area contributed by atoms with E-state index in [4.69, 9.17) is 4.74 Å². The number of benzene rings is 4. The zero-order valence-electron chi connectivity index (χ0n) is 22.5. The fraction of sp³-hybridized carbons (Fsp3) is 0.212. The van der Waals surface area contributed by atoms with Crippen molar-refractivity contribution in [2.45, 2.75) is 40.2 Å². The van der Waals surface area contributed by atoms with Gasteiger partial charge in [-0.2, -0.15) is 0 Å². The van der Waals surface area contributed by atoms with Gasteiger partial charge in [-0.3, -0.25) is 4.79 Å². The number of nitrogens with zero attached hydrogens (tertiary/aromatic N) is 1. The van der Waals surface area contributed by atoms with Crippen molar-refractivity contribution in [3.05, 3.63) is 124 Å². The summed E-state index contributed by atoms with van der Waals surface area (Å²) in [6.07, 6.45) is 1.66. The summed E-state index contributed by atoms with van der Waals surface area (Å²) in [5.41, 5.74) is 5.02. The number of phenolic OH excluding ortho intramolecular Hbond substituents is 1. The highest BCUT2D eigenvalue weighted by molar-refractivity contribution is 5.95. The number of carbonyl (C=O) groups excluding carboxylic acids is 1. The van der Waals surface area contributed by atoms with Crippen molar-refractivity contribution in [1.82, 2.24) is 4.90 Å². The summed E-state index contributed by atoms with van der Waals surface area (Å²) in [4.78, 5) is 27.0. The van der Waals surface area contributed by atoms with Crippen LogP contribution in [0.3, 0.4) is 0 Å². The lowest BCUT2D eigenvalue weighted by Gasteiger charge is -2.24. The first-order chi connectivity index (χ1) is 18.7. The Hall–Kier alpha value is -4.58. The molecule has 0 radical (unpaired) electrons. The highest BCUT2D eigenvalue weighted by Gasteiger charge is 2.19. The summed E-state index contributed by atoms with van der Waals surface area (Å²) in [6.45, 7) is 6.43. The molecule has 0 heterocycles. The minimum Gasteiger partial charge on any atom is -0.507 e. The molecule has 4 aromatic carbocycles. The molecule has 0 saturated heterocycles. The molecule has 0 unspecified atom stereocenters. The fourth-order valence-electron chi connectivity index (χ4n) is 4.53. The van der Waals surface area contributed by atoms with Crippen molar-refractivity contribution in [2.75, 3.05) is 6.54 Å². The average molecular weight is 524 g/mol. The summed E-state index contributed by atoms with van der Waals surface area (Å²) < 4.78 is 5.89. The number of ether oxygens (including phenoxy) is 1. The molecule has 4 aromatic rings.